The molecule has 0 saturated heterocycles. The van der Waals surface area contributed by atoms with E-state index in [4.69, 9.17) is 4.42 Å². The van der Waals surface area contributed by atoms with Crippen LogP contribution in [0, 0.1) is 29.9 Å². The van der Waals surface area contributed by atoms with Crippen LogP contribution in [0.3, 0.4) is 0 Å². The topological polar surface area (TPSA) is 126 Å². The van der Waals surface area contributed by atoms with E-state index < -0.39 is 35.0 Å². The largest absolute Gasteiger partial charge is 0.440 e. The first kappa shape index (κ1) is 21.1. The second-order valence-electron chi connectivity index (χ2n) is 8.59. The Hall–Kier alpha value is -3.81. The molecule has 9 nitrogen and oxygen atoms in total. The first-order chi connectivity index (χ1) is 15.8. The monoisotopic (exact) mass is 454 g/mol. The normalized spacial score (nSPS) is 17.4. The van der Waals surface area contributed by atoms with Crippen molar-refractivity contribution >= 4 is 22.9 Å². The third kappa shape index (κ3) is 4.16. The maximum absolute atomic E-state index is 13.5. The molecule has 0 spiro atoms. The van der Waals surface area contributed by atoms with Gasteiger partial charge in [-0.1, -0.05) is 0 Å². The van der Waals surface area contributed by atoms with E-state index in [1.165, 1.54) is 0 Å². The lowest BCUT2D eigenvalue weighted by Gasteiger charge is -2.19. The highest BCUT2D eigenvalue weighted by Gasteiger charge is 2.46. The van der Waals surface area contributed by atoms with Crippen molar-refractivity contribution in [1.82, 2.24) is 25.4 Å². The number of benzene rings is 1. The number of fused-ring (bicyclic) bond motifs is 1. The van der Waals surface area contributed by atoms with Gasteiger partial charge in [0.1, 0.15) is 17.1 Å². The molecular formula is C22H20F2N6O3. The lowest BCUT2D eigenvalue weighted by Crippen LogP contribution is -2.51. The maximum atomic E-state index is 13.5. The first-order valence-corrected chi connectivity index (χ1v) is 10.6. The van der Waals surface area contributed by atoms with Gasteiger partial charge in [0.25, 0.3) is 5.91 Å². The zero-order valence-electron chi connectivity index (χ0n) is 17.7. The molecule has 11 heteroatoms. The highest BCUT2D eigenvalue weighted by molar-refractivity contribution is 5.98. The fourth-order valence-corrected chi connectivity index (χ4v) is 3.62. The minimum absolute atomic E-state index is 0.0163. The maximum Gasteiger partial charge on any atom is 0.255 e. The smallest absolute Gasteiger partial charge is 0.255 e. The third-order valence-corrected chi connectivity index (χ3v) is 5.88. The van der Waals surface area contributed by atoms with Crippen LogP contribution in [0.5, 0.6) is 0 Å². The fraction of sp³-hybridized carbons (Fsp3) is 0.409. The number of nitriles is 1. The Morgan fingerprint density at radius 3 is 2.73 bits per heavy atom. The molecule has 0 radical (unpaired) electrons. The summed E-state index contributed by atoms with van der Waals surface area (Å²) >= 11 is 0. The summed E-state index contributed by atoms with van der Waals surface area (Å²) in [6.07, 6.45) is 4.52. The lowest BCUT2D eigenvalue weighted by molar-refractivity contribution is -0.123. The number of nitrogens with one attached hydrogen (secondary N) is 2. The standard InChI is InChI=1S/C22H20F2N6O3/c1-11-13(9-30(29-11)12-2-3-12)20(31)27-17(21(32)28-22(10-25)4-5-22)8-19-26-16-6-14(23)15(24)7-18(16)33-19/h6-7,9,12,17H,2-5,8H2,1H3,(H,27,31)(H,28,32). The van der Waals surface area contributed by atoms with Gasteiger partial charge in [-0.2, -0.15) is 10.4 Å². The van der Waals surface area contributed by atoms with E-state index in [1.807, 2.05) is 0 Å². The van der Waals surface area contributed by atoms with Crippen LogP contribution in [0.2, 0.25) is 0 Å². The molecule has 1 aromatic carbocycles. The summed E-state index contributed by atoms with van der Waals surface area (Å²) in [7, 11) is 0. The second kappa shape index (κ2) is 7.65. The Balaban J connectivity index is 1.40. The van der Waals surface area contributed by atoms with Gasteiger partial charge in [0, 0.05) is 18.3 Å². The third-order valence-electron chi connectivity index (χ3n) is 5.88. The van der Waals surface area contributed by atoms with Gasteiger partial charge >= 0.3 is 0 Å². The van der Waals surface area contributed by atoms with Gasteiger partial charge < -0.3 is 15.1 Å². The molecule has 1 atom stereocenters. The Kier molecular flexibility index (Phi) is 4.88. The molecule has 2 aromatic heterocycles. The number of hydrogen-bond acceptors (Lipinski definition) is 6. The van der Waals surface area contributed by atoms with Gasteiger partial charge in [-0.25, -0.2) is 13.8 Å². The minimum Gasteiger partial charge on any atom is -0.440 e. The zero-order valence-corrected chi connectivity index (χ0v) is 17.7. The van der Waals surface area contributed by atoms with Crippen molar-refractivity contribution in [3.63, 3.8) is 0 Å². The Bertz CT molecular complexity index is 1280. The molecule has 3 aromatic rings. The second-order valence-corrected chi connectivity index (χ2v) is 8.59. The molecule has 2 aliphatic carbocycles. The summed E-state index contributed by atoms with van der Waals surface area (Å²) in [6.45, 7) is 1.71. The van der Waals surface area contributed by atoms with E-state index in [0.717, 1.165) is 25.0 Å². The molecule has 0 bridgehead atoms. The van der Waals surface area contributed by atoms with E-state index in [9.17, 15) is 23.6 Å². The Labute approximate surface area is 186 Å². The SMILES string of the molecule is Cc1nn(C2CC2)cc1C(=O)NC(Cc1nc2cc(F)c(F)cc2o1)C(=O)NC1(C#N)CC1. The van der Waals surface area contributed by atoms with Crippen LogP contribution in [0.15, 0.2) is 22.7 Å². The number of aryl methyl sites for hydroxylation is 1. The Morgan fingerprint density at radius 1 is 1.33 bits per heavy atom. The molecule has 2 heterocycles. The van der Waals surface area contributed by atoms with Crippen molar-refractivity contribution in [2.75, 3.05) is 0 Å². The van der Waals surface area contributed by atoms with E-state index in [2.05, 4.69) is 26.8 Å². The number of nitrogens with zero attached hydrogens (tertiary/aromatic N) is 4. The predicted octanol–water partition coefficient (Wildman–Crippen LogP) is 2.46. The van der Waals surface area contributed by atoms with Crippen LogP contribution in [0.25, 0.3) is 11.1 Å². The first-order valence-electron chi connectivity index (χ1n) is 10.6. The van der Waals surface area contributed by atoms with Crippen molar-refractivity contribution in [1.29, 1.82) is 5.26 Å². The molecule has 33 heavy (non-hydrogen) atoms. The summed E-state index contributed by atoms with van der Waals surface area (Å²) in [5, 5.41) is 19.0. The van der Waals surface area contributed by atoms with Crippen LogP contribution in [-0.2, 0) is 11.2 Å². The molecule has 0 aliphatic heterocycles. The zero-order chi connectivity index (χ0) is 23.3. The molecule has 2 amide bonds. The average Bonchev–Trinajstić information content (AvgIpc) is 3.69. The molecule has 1 unspecified atom stereocenters. The van der Waals surface area contributed by atoms with Gasteiger partial charge in [0.15, 0.2) is 23.1 Å². The van der Waals surface area contributed by atoms with Crippen molar-refractivity contribution in [3.05, 3.63) is 47.1 Å². The number of hydrogen-bond donors (Lipinski definition) is 2. The van der Waals surface area contributed by atoms with Crippen molar-refractivity contribution in [3.8, 4) is 6.07 Å². The molecule has 2 saturated carbocycles. The van der Waals surface area contributed by atoms with Gasteiger partial charge in [-0.15, -0.1) is 0 Å². The van der Waals surface area contributed by atoms with Gasteiger partial charge in [-0.3, -0.25) is 14.3 Å². The number of carbonyl (C=O) groups is 2. The summed E-state index contributed by atoms with van der Waals surface area (Å²) in [4.78, 5) is 30.1. The highest BCUT2D eigenvalue weighted by Crippen LogP contribution is 2.35. The van der Waals surface area contributed by atoms with Crippen molar-refractivity contribution < 1.29 is 22.8 Å². The molecule has 170 valence electrons. The number of halogens is 2. The molecule has 5 rings (SSSR count). The molecule has 2 aliphatic rings. The van der Waals surface area contributed by atoms with Gasteiger partial charge in [0.2, 0.25) is 5.91 Å². The quantitative estimate of drug-likeness (QED) is 0.565. The molecular weight excluding hydrogens is 434 g/mol. The number of oxazole rings is 1. The van der Waals surface area contributed by atoms with E-state index in [1.54, 1.807) is 17.8 Å². The summed E-state index contributed by atoms with van der Waals surface area (Å²) in [5.41, 5.74) is 0.0311. The summed E-state index contributed by atoms with van der Waals surface area (Å²) in [5.74, 6) is -3.22. The van der Waals surface area contributed by atoms with Gasteiger partial charge in [-0.05, 0) is 32.6 Å². The number of rotatable bonds is 7. The lowest BCUT2D eigenvalue weighted by atomic mass is 10.1. The van der Waals surface area contributed by atoms with E-state index in [-0.39, 0.29) is 29.5 Å². The molecule has 2 fully saturated rings. The van der Waals surface area contributed by atoms with E-state index >= 15 is 0 Å². The van der Waals surface area contributed by atoms with Gasteiger partial charge in [0.05, 0.1) is 29.8 Å². The Morgan fingerprint density at radius 2 is 2.06 bits per heavy atom. The number of carbonyl (C=O) groups excluding carboxylic acids is 2. The predicted molar refractivity (Wildman–Crippen MR) is 110 cm³/mol. The van der Waals surface area contributed by atoms with Crippen LogP contribution in [0.4, 0.5) is 8.78 Å². The fourth-order valence-electron chi connectivity index (χ4n) is 3.62. The van der Waals surface area contributed by atoms with Crippen molar-refractivity contribution in [2.45, 2.75) is 56.7 Å². The molecule has 2 N–H and O–H groups in total. The van der Waals surface area contributed by atoms with Crippen LogP contribution < -0.4 is 10.6 Å². The number of aromatic nitrogens is 3. The minimum atomic E-state index is -1.13. The van der Waals surface area contributed by atoms with Crippen LogP contribution in [-0.4, -0.2) is 38.2 Å². The highest BCUT2D eigenvalue weighted by atomic mass is 19.2. The van der Waals surface area contributed by atoms with Crippen LogP contribution in [0.1, 0.15) is 53.7 Å². The number of amides is 2. The summed E-state index contributed by atoms with van der Waals surface area (Å²) < 4.78 is 34.3. The average molecular weight is 454 g/mol. The van der Waals surface area contributed by atoms with E-state index in [0.29, 0.717) is 24.1 Å². The summed E-state index contributed by atoms with van der Waals surface area (Å²) in [6, 6.07) is 3.00. The van der Waals surface area contributed by atoms with Crippen molar-refractivity contribution in [2.24, 2.45) is 0 Å². The van der Waals surface area contributed by atoms with Crippen LogP contribution >= 0.6 is 0 Å².